The van der Waals surface area contributed by atoms with Gasteiger partial charge in [-0.25, -0.2) is 4.39 Å². The quantitative estimate of drug-likeness (QED) is 0.521. The van der Waals surface area contributed by atoms with Crippen molar-refractivity contribution in [3.05, 3.63) is 35.6 Å². The van der Waals surface area contributed by atoms with Gasteiger partial charge in [0.1, 0.15) is 5.82 Å². The van der Waals surface area contributed by atoms with Gasteiger partial charge in [-0.2, -0.15) is 0 Å². The first-order chi connectivity index (χ1) is 4.75. The highest BCUT2D eigenvalue weighted by Gasteiger charge is 1.94. The average molecular weight is 125 g/mol. The number of halogens is 1. The molecule has 0 saturated carbocycles. The molecule has 1 aromatic carbocycles. The average Bonchev–Trinajstić information content (AvgIpc) is 1.88. The van der Waals surface area contributed by atoms with Crippen LogP contribution in [0.2, 0.25) is 0 Å². The second-order valence-electron chi connectivity index (χ2n) is 1.55. The van der Waals surface area contributed by atoms with E-state index in [9.17, 15) is 9.18 Å². The zero-order valence-electron chi connectivity index (χ0n) is 5.60. The number of rotatable bonds is 1. The van der Waals surface area contributed by atoms with E-state index in [0.717, 1.165) is 6.07 Å². The Hall–Kier alpha value is -1.18. The standard InChI is InChI=1S/C7H5FO/c8-7-4-2-1-3-6(7)5-9/h1-5H/i3D. The Morgan fingerprint density at radius 3 is 2.89 bits per heavy atom. The van der Waals surface area contributed by atoms with E-state index in [1.807, 2.05) is 0 Å². The van der Waals surface area contributed by atoms with Gasteiger partial charge >= 0.3 is 0 Å². The van der Waals surface area contributed by atoms with E-state index in [4.69, 9.17) is 1.37 Å². The van der Waals surface area contributed by atoms with E-state index in [2.05, 4.69) is 0 Å². The van der Waals surface area contributed by atoms with Gasteiger partial charge < -0.3 is 0 Å². The molecule has 2 heteroatoms. The van der Waals surface area contributed by atoms with Crippen molar-refractivity contribution in [2.24, 2.45) is 0 Å². The molecule has 1 nitrogen and oxygen atoms in total. The summed E-state index contributed by atoms with van der Waals surface area (Å²) in [5, 5.41) is 0. The maximum absolute atomic E-state index is 12.5. The molecule has 0 atom stereocenters. The Morgan fingerprint density at radius 2 is 2.44 bits per heavy atom. The molecule has 0 heterocycles. The number of hydrogen-bond acceptors (Lipinski definition) is 1. The summed E-state index contributed by atoms with van der Waals surface area (Å²) in [6.07, 6.45) is 0.345. The molecule has 0 saturated heterocycles. The highest BCUT2D eigenvalue weighted by molar-refractivity contribution is 5.74. The van der Waals surface area contributed by atoms with Crippen molar-refractivity contribution in [3.63, 3.8) is 0 Å². The van der Waals surface area contributed by atoms with Crippen LogP contribution in [0.4, 0.5) is 4.39 Å². The lowest BCUT2D eigenvalue weighted by Gasteiger charge is -1.88. The molecule has 9 heavy (non-hydrogen) atoms. The second-order valence-corrected chi connectivity index (χ2v) is 1.55. The first-order valence-corrected chi connectivity index (χ1v) is 2.46. The van der Waals surface area contributed by atoms with Crippen LogP contribution in [0.3, 0.4) is 0 Å². The summed E-state index contributed by atoms with van der Waals surface area (Å²) in [5.41, 5.74) is -0.178. The molecule has 0 N–H and O–H groups in total. The molecule has 46 valence electrons. The molecule has 0 aromatic heterocycles. The van der Waals surface area contributed by atoms with Gasteiger partial charge in [0.05, 0.1) is 6.93 Å². The van der Waals surface area contributed by atoms with E-state index in [-0.39, 0.29) is 11.6 Å². The monoisotopic (exact) mass is 125 g/mol. The van der Waals surface area contributed by atoms with Crippen LogP contribution in [0, 0.1) is 5.82 Å². The van der Waals surface area contributed by atoms with E-state index >= 15 is 0 Å². The molecule has 0 unspecified atom stereocenters. The zero-order chi connectivity index (χ0) is 7.56. The molecule has 0 amide bonds. The van der Waals surface area contributed by atoms with Gasteiger partial charge in [0, 0.05) is 0 Å². The van der Waals surface area contributed by atoms with Crippen LogP contribution < -0.4 is 0 Å². The lowest BCUT2D eigenvalue weighted by molar-refractivity contribution is 0.112. The number of carbonyl (C=O) groups excluding carboxylic acids is 1. The maximum atomic E-state index is 12.5. The third kappa shape index (κ3) is 1.13. The van der Waals surface area contributed by atoms with Gasteiger partial charge in [0.25, 0.3) is 0 Å². The molecule has 0 aliphatic rings. The molecular formula is C7H5FO. The van der Waals surface area contributed by atoms with E-state index in [1.54, 1.807) is 0 Å². The molecule has 0 spiro atoms. The predicted molar refractivity (Wildman–Crippen MR) is 31.8 cm³/mol. The Balaban J connectivity index is 3.30. The van der Waals surface area contributed by atoms with Gasteiger partial charge in [0.15, 0.2) is 6.29 Å². The molecule has 0 aliphatic heterocycles. The van der Waals surface area contributed by atoms with Crippen LogP contribution in [0.1, 0.15) is 11.7 Å². The van der Waals surface area contributed by atoms with Crippen LogP contribution in [0.5, 0.6) is 0 Å². The molecule has 0 bridgehead atoms. The van der Waals surface area contributed by atoms with Crippen molar-refractivity contribution in [1.82, 2.24) is 0 Å². The van der Waals surface area contributed by atoms with Crippen LogP contribution in [-0.2, 0) is 0 Å². The lowest BCUT2D eigenvalue weighted by atomic mass is 10.2. The summed E-state index contributed by atoms with van der Waals surface area (Å²) in [6, 6.07) is 3.84. The van der Waals surface area contributed by atoms with Crippen molar-refractivity contribution < 1.29 is 10.6 Å². The Bertz CT molecular complexity index is 240. The number of carbonyl (C=O) groups is 1. The highest BCUT2D eigenvalue weighted by Crippen LogP contribution is 2.01. The van der Waals surface area contributed by atoms with Gasteiger partial charge in [-0.15, -0.1) is 0 Å². The van der Waals surface area contributed by atoms with E-state index in [0.29, 0.717) is 6.29 Å². The fourth-order valence-corrected chi connectivity index (χ4v) is 0.520. The predicted octanol–water partition coefficient (Wildman–Crippen LogP) is 1.64. The second kappa shape index (κ2) is 2.40. The SMILES string of the molecule is [2H]c1cccc(F)c1C=O. The summed E-state index contributed by atoms with van der Waals surface area (Å²) < 4.78 is 19.5. The highest BCUT2D eigenvalue weighted by atomic mass is 19.1. The third-order valence-electron chi connectivity index (χ3n) is 0.953. The third-order valence-corrected chi connectivity index (χ3v) is 0.953. The summed E-state index contributed by atoms with van der Waals surface area (Å²) in [7, 11) is 0. The fourth-order valence-electron chi connectivity index (χ4n) is 0.520. The molecular weight excluding hydrogens is 119 g/mol. The summed E-state index contributed by atoms with van der Waals surface area (Å²) >= 11 is 0. The fraction of sp³-hybridized carbons (Fsp3) is 0. The van der Waals surface area contributed by atoms with Crippen molar-refractivity contribution in [2.75, 3.05) is 0 Å². The Morgan fingerprint density at radius 1 is 1.67 bits per heavy atom. The summed E-state index contributed by atoms with van der Waals surface area (Å²) in [4.78, 5) is 10.1. The first kappa shape index (κ1) is 4.68. The van der Waals surface area contributed by atoms with Crippen LogP contribution in [0.25, 0.3) is 0 Å². The minimum absolute atomic E-state index is 0.0741. The normalized spacial score (nSPS) is 10.6. The number of aldehydes is 1. The Labute approximate surface area is 53.5 Å². The number of benzene rings is 1. The minimum Gasteiger partial charge on any atom is -0.298 e. The smallest absolute Gasteiger partial charge is 0.152 e. The van der Waals surface area contributed by atoms with Crippen LogP contribution >= 0.6 is 0 Å². The lowest BCUT2D eigenvalue weighted by Crippen LogP contribution is -1.83. The van der Waals surface area contributed by atoms with Gasteiger partial charge in [0.2, 0.25) is 0 Å². The molecule has 1 rings (SSSR count). The largest absolute Gasteiger partial charge is 0.298 e. The van der Waals surface area contributed by atoms with Gasteiger partial charge in [-0.1, -0.05) is 12.1 Å². The van der Waals surface area contributed by atoms with E-state index in [1.165, 1.54) is 12.1 Å². The summed E-state index contributed by atoms with van der Waals surface area (Å²) in [6.45, 7) is 0. The molecule has 1 aromatic rings. The maximum Gasteiger partial charge on any atom is 0.152 e. The van der Waals surface area contributed by atoms with Crippen LogP contribution in [0.15, 0.2) is 24.2 Å². The minimum atomic E-state index is -0.637. The molecule has 0 fully saturated rings. The van der Waals surface area contributed by atoms with Crippen molar-refractivity contribution in [1.29, 1.82) is 0 Å². The molecule has 0 aliphatic carbocycles. The number of hydrogen-bond donors (Lipinski definition) is 0. The Kier molecular flexibility index (Phi) is 1.24. The summed E-state index contributed by atoms with van der Waals surface area (Å²) in [5.74, 6) is -0.637. The van der Waals surface area contributed by atoms with Gasteiger partial charge in [-0.05, 0) is 12.1 Å². The molecule has 0 radical (unpaired) electrons. The van der Waals surface area contributed by atoms with E-state index < -0.39 is 5.82 Å². The van der Waals surface area contributed by atoms with Crippen LogP contribution in [-0.4, -0.2) is 6.29 Å². The van der Waals surface area contributed by atoms with Gasteiger partial charge in [-0.3, -0.25) is 4.79 Å². The zero-order valence-corrected chi connectivity index (χ0v) is 4.60. The van der Waals surface area contributed by atoms with Crippen molar-refractivity contribution >= 4 is 6.29 Å². The van der Waals surface area contributed by atoms with Crippen molar-refractivity contribution in [2.45, 2.75) is 0 Å². The topological polar surface area (TPSA) is 17.1 Å². The van der Waals surface area contributed by atoms with Crippen molar-refractivity contribution in [3.8, 4) is 0 Å². The first-order valence-electron chi connectivity index (χ1n) is 2.96.